The molecule has 0 radical (unpaired) electrons. The van der Waals surface area contributed by atoms with Crippen molar-refractivity contribution < 1.29 is 32.7 Å². The van der Waals surface area contributed by atoms with Crippen LogP contribution in [0.4, 0.5) is 4.79 Å². The van der Waals surface area contributed by atoms with Gasteiger partial charge in [0.05, 0.1) is 13.2 Å². The number of likely N-dealkylation sites (tertiary alicyclic amines) is 1. The van der Waals surface area contributed by atoms with E-state index in [1.807, 2.05) is 18.2 Å². The number of carbonyl (C=O) groups is 4. The molecule has 42 heavy (non-hydrogen) atoms. The van der Waals surface area contributed by atoms with E-state index >= 15 is 0 Å². The second-order valence-corrected chi connectivity index (χ2v) is 11.7. The summed E-state index contributed by atoms with van der Waals surface area (Å²) < 4.78 is 16.4. The predicted octanol–water partition coefficient (Wildman–Crippen LogP) is 3.23. The average Bonchev–Trinajstić information content (AvgIpc) is 3.73. The summed E-state index contributed by atoms with van der Waals surface area (Å²) in [7, 11) is 1.22. The van der Waals surface area contributed by atoms with Gasteiger partial charge in [-0.1, -0.05) is 39.8 Å². The van der Waals surface area contributed by atoms with Crippen LogP contribution in [0.2, 0.25) is 0 Å². The normalized spacial score (nSPS) is 17.0. The predicted molar refractivity (Wildman–Crippen MR) is 150 cm³/mol. The average molecular weight is 583 g/mol. The standard InChI is InChI=1S/C29H38N6O7/c1-15(2)20(31-23(37)18-12-10-14-35(18)25(38)21(16(3)4)32-28(39)40-7)22(36)24-33-34-27(42-24)29(5,6)26-30-17-11-8-9-13-19(17)41-26/h8-9,11,13,15-16,18,20-21H,10,12,14H2,1-7H3,(H,31,37)(H,32,39)/t18-,20+,21-/m0/s1. The highest BCUT2D eigenvalue weighted by Crippen LogP contribution is 2.32. The quantitative estimate of drug-likeness (QED) is 0.338. The van der Waals surface area contributed by atoms with Gasteiger partial charge in [0.1, 0.15) is 23.0 Å². The summed E-state index contributed by atoms with van der Waals surface area (Å²) in [5, 5.41) is 13.5. The van der Waals surface area contributed by atoms with Gasteiger partial charge in [-0.25, -0.2) is 9.78 Å². The molecule has 1 aromatic carbocycles. The van der Waals surface area contributed by atoms with Gasteiger partial charge in [0.2, 0.25) is 29.4 Å². The molecule has 1 aliphatic heterocycles. The molecule has 0 bridgehead atoms. The van der Waals surface area contributed by atoms with Gasteiger partial charge in [-0.15, -0.1) is 10.2 Å². The number of aromatic nitrogens is 3. The molecule has 3 atom stereocenters. The number of methoxy groups -OCH3 is 1. The maximum absolute atomic E-state index is 13.5. The number of carbonyl (C=O) groups excluding carboxylic acids is 4. The summed E-state index contributed by atoms with van der Waals surface area (Å²) in [4.78, 5) is 58.2. The van der Waals surface area contributed by atoms with Crippen LogP contribution in [-0.2, 0) is 19.7 Å². The summed E-state index contributed by atoms with van der Waals surface area (Å²) in [5.41, 5.74) is 0.357. The number of para-hydroxylation sites is 2. The van der Waals surface area contributed by atoms with Gasteiger partial charge in [0.25, 0.3) is 5.89 Å². The molecule has 0 spiro atoms. The van der Waals surface area contributed by atoms with Crippen molar-refractivity contribution in [1.82, 2.24) is 30.7 Å². The van der Waals surface area contributed by atoms with E-state index in [9.17, 15) is 19.2 Å². The van der Waals surface area contributed by atoms with Crippen LogP contribution in [0.1, 0.15) is 76.9 Å². The molecule has 1 fully saturated rings. The van der Waals surface area contributed by atoms with Gasteiger partial charge in [-0.05, 0) is 50.7 Å². The second-order valence-electron chi connectivity index (χ2n) is 11.7. The Bertz CT molecular complexity index is 1430. The Balaban J connectivity index is 1.50. The van der Waals surface area contributed by atoms with Gasteiger partial charge < -0.3 is 29.1 Å². The number of alkyl carbamates (subject to hydrolysis) is 1. The highest BCUT2D eigenvalue weighted by atomic mass is 16.5. The molecular weight excluding hydrogens is 544 g/mol. The van der Waals surface area contributed by atoms with Crippen LogP contribution in [-0.4, -0.2) is 75.6 Å². The van der Waals surface area contributed by atoms with E-state index in [0.717, 1.165) is 0 Å². The van der Waals surface area contributed by atoms with E-state index in [2.05, 4.69) is 30.6 Å². The number of benzene rings is 1. The van der Waals surface area contributed by atoms with E-state index in [4.69, 9.17) is 8.83 Å². The van der Waals surface area contributed by atoms with Crippen LogP contribution < -0.4 is 10.6 Å². The highest BCUT2D eigenvalue weighted by Gasteiger charge is 2.41. The molecule has 0 unspecified atom stereocenters. The number of Topliss-reactive ketones (excluding diaryl/α,β-unsaturated/α-hetero) is 1. The lowest BCUT2D eigenvalue weighted by Gasteiger charge is -2.31. The molecule has 0 saturated carbocycles. The molecular formula is C29H38N6O7. The summed E-state index contributed by atoms with van der Waals surface area (Å²) in [6.07, 6.45) is 0.291. The van der Waals surface area contributed by atoms with Gasteiger partial charge in [-0.2, -0.15) is 0 Å². The monoisotopic (exact) mass is 582 g/mol. The van der Waals surface area contributed by atoms with E-state index in [-0.39, 0.29) is 29.5 Å². The van der Waals surface area contributed by atoms with E-state index in [1.165, 1.54) is 12.0 Å². The van der Waals surface area contributed by atoms with Crippen molar-refractivity contribution in [3.63, 3.8) is 0 Å². The molecule has 13 heteroatoms. The Labute approximate surface area is 243 Å². The molecule has 2 aromatic heterocycles. The summed E-state index contributed by atoms with van der Waals surface area (Å²) >= 11 is 0. The molecule has 0 aliphatic carbocycles. The number of fused-ring (bicyclic) bond motifs is 1. The van der Waals surface area contributed by atoms with Crippen LogP contribution in [0.5, 0.6) is 0 Å². The third-order valence-electron chi connectivity index (χ3n) is 7.48. The third-order valence-corrected chi connectivity index (χ3v) is 7.48. The second kappa shape index (κ2) is 12.3. The van der Waals surface area contributed by atoms with Crippen molar-refractivity contribution >= 4 is 34.8 Å². The van der Waals surface area contributed by atoms with Crippen LogP contribution >= 0.6 is 0 Å². The van der Waals surface area contributed by atoms with Gasteiger partial charge >= 0.3 is 6.09 Å². The molecule has 1 aliphatic rings. The number of amides is 3. The van der Waals surface area contributed by atoms with Gasteiger partial charge in [0, 0.05) is 6.54 Å². The first-order valence-electron chi connectivity index (χ1n) is 14.0. The Hall–Kier alpha value is -4.29. The Morgan fingerprint density at radius 3 is 2.31 bits per heavy atom. The number of rotatable bonds is 10. The summed E-state index contributed by atoms with van der Waals surface area (Å²) in [5.74, 6) is -1.73. The topological polar surface area (TPSA) is 170 Å². The number of ether oxygens (including phenoxy) is 1. The maximum atomic E-state index is 13.5. The zero-order valence-electron chi connectivity index (χ0n) is 25.0. The van der Waals surface area contributed by atoms with Gasteiger partial charge in [-0.3, -0.25) is 14.4 Å². The number of nitrogens with zero attached hydrogens (tertiary/aromatic N) is 4. The van der Waals surface area contributed by atoms with Crippen molar-refractivity contribution in [3.8, 4) is 0 Å². The zero-order chi connectivity index (χ0) is 30.8. The van der Waals surface area contributed by atoms with Crippen LogP contribution in [0.15, 0.2) is 33.1 Å². The zero-order valence-corrected chi connectivity index (χ0v) is 25.0. The molecule has 13 nitrogen and oxygen atoms in total. The van der Waals surface area contributed by atoms with E-state index < -0.39 is 41.3 Å². The Morgan fingerprint density at radius 1 is 0.976 bits per heavy atom. The molecule has 226 valence electrons. The van der Waals surface area contributed by atoms with Crippen molar-refractivity contribution in [3.05, 3.63) is 41.9 Å². The lowest BCUT2D eigenvalue weighted by atomic mass is 9.93. The fourth-order valence-electron chi connectivity index (χ4n) is 4.91. The number of ketones is 1. The number of hydrogen-bond acceptors (Lipinski definition) is 10. The number of hydrogen-bond donors (Lipinski definition) is 2. The fourth-order valence-corrected chi connectivity index (χ4v) is 4.91. The number of oxazole rings is 1. The molecule has 3 amide bonds. The van der Waals surface area contributed by atoms with Crippen LogP contribution in [0, 0.1) is 11.8 Å². The minimum atomic E-state index is -0.982. The van der Waals surface area contributed by atoms with Crippen LogP contribution in [0.3, 0.4) is 0 Å². The maximum Gasteiger partial charge on any atom is 0.407 e. The minimum Gasteiger partial charge on any atom is -0.453 e. The lowest BCUT2D eigenvalue weighted by Crippen LogP contribution is -2.57. The van der Waals surface area contributed by atoms with Crippen LogP contribution in [0.25, 0.3) is 11.1 Å². The largest absolute Gasteiger partial charge is 0.453 e. The highest BCUT2D eigenvalue weighted by molar-refractivity contribution is 6.00. The van der Waals surface area contributed by atoms with Crippen molar-refractivity contribution in [2.45, 2.75) is 77.9 Å². The first-order chi connectivity index (χ1) is 19.8. The first-order valence-corrected chi connectivity index (χ1v) is 14.0. The van der Waals surface area contributed by atoms with E-state index in [1.54, 1.807) is 47.6 Å². The van der Waals surface area contributed by atoms with Crippen molar-refractivity contribution in [2.24, 2.45) is 11.8 Å². The number of nitrogens with one attached hydrogen (secondary N) is 2. The summed E-state index contributed by atoms with van der Waals surface area (Å²) in [6, 6.07) is 4.68. The molecule has 2 N–H and O–H groups in total. The van der Waals surface area contributed by atoms with Crippen molar-refractivity contribution in [2.75, 3.05) is 13.7 Å². The van der Waals surface area contributed by atoms with Gasteiger partial charge in [0.15, 0.2) is 5.58 Å². The lowest BCUT2D eigenvalue weighted by molar-refractivity contribution is -0.141. The molecule has 4 rings (SSSR count). The molecule has 3 heterocycles. The molecule has 1 saturated heterocycles. The van der Waals surface area contributed by atoms with E-state index in [0.29, 0.717) is 36.4 Å². The first kappa shape index (κ1) is 30.7. The fraction of sp³-hybridized carbons (Fsp3) is 0.552. The smallest absolute Gasteiger partial charge is 0.407 e. The SMILES string of the molecule is COC(=O)N[C@H](C(=O)N1CCC[C@H]1C(=O)N[C@@H](C(=O)c1nnc(C(C)(C)c2nc3ccccc3o2)o1)C(C)C)C(C)C. The Kier molecular flexibility index (Phi) is 8.97. The minimum absolute atomic E-state index is 0.136. The Morgan fingerprint density at radius 2 is 1.67 bits per heavy atom. The molecule has 3 aromatic rings. The summed E-state index contributed by atoms with van der Waals surface area (Å²) in [6.45, 7) is 11.1. The van der Waals surface area contributed by atoms with Crippen molar-refractivity contribution in [1.29, 1.82) is 0 Å². The third kappa shape index (κ3) is 6.14.